The van der Waals surface area contributed by atoms with Crippen molar-refractivity contribution in [3.63, 3.8) is 0 Å². The Morgan fingerprint density at radius 1 is 1.06 bits per heavy atom. The van der Waals surface area contributed by atoms with Gasteiger partial charge in [0.25, 0.3) is 0 Å². The molecule has 6 atom stereocenters. The predicted octanol–water partition coefficient (Wildman–Crippen LogP) is 2.70. The molecule has 1 spiro atoms. The smallest absolute Gasteiger partial charge is 0.247 e. The second-order valence-electron chi connectivity index (χ2n) is 11.9. The van der Waals surface area contributed by atoms with Gasteiger partial charge in [-0.15, -0.1) is 11.8 Å². The van der Waals surface area contributed by atoms with Gasteiger partial charge >= 0.3 is 0 Å². The van der Waals surface area contributed by atoms with E-state index in [9.17, 15) is 19.5 Å². The molecule has 194 valence electrons. The molecule has 8 heteroatoms. The minimum absolute atomic E-state index is 0.00876. The van der Waals surface area contributed by atoms with E-state index in [0.29, 0.717) is 19.6 Å². The summed E-state index contributed by atoms with van der Waals surface area (Å²) in [6, 6.07) is -1.27. The van der Waals surface area contributed by atoms with Crippen LogP contribution in [0.2, 0.25) is 0 Å². The van der Waals surface area contributed by atoms with Gasteiger partial charge < -0.3 is 19.8 Å². The Morgan fingerprint density at radius 2 is 1.71 bits per heavy atom. The van der Waals surface area contributed by atoms with Crippen molar-refractivity contribution in [2.75, 3.05) is 26.2 Å². The zero-order valence-electron chi connectivity index (χ0n) is 22.2. The van der Waals surface area contributed by atoms with Crippen LogP contribution >= 0.6 is 11.8 Å². The van der Waals surface area contributed by atoms with Gasteiger partial charge in [-0.1, -0.05) is 45.1 Å². The van der Waals surface area contributed by atoms with E-state index in [2.05, 4.69) is 12.2 Å². The van der Waals surface area contributed by atoms with Crippen LogP contribution in [0.3, 0.4) is 0 Å². The van der Waals surface area contributed by atoms with Crippen molar-refractivity contribution in [3.05, 3.63) is 24.3 Å². The molecule has 4 aliphatic heterocycles. The molecule has 0 radical (unpaired) electrons. The third kappa shape index (κ3) is 3.86. The number of thioether (sulfide) groups is 1. The number of amides is 3. The van der Waals surface area contributed by atoms with Crippen LogP contribution < -0.4 is 0 Å². The summed E-state index contributed by atoms with van der Waals surface area (Å²) in [5.41, 5.74) is -0.433. The molecule has 2 saturated heterocycles. The molecule has 2 fully saturated rings. The number of carbonyl (C=O) groups is 3. The lowest BCUT2D eigenvalue weighted by atomic mass is 9.74. The fourth-order valence-electron chi connectivity index (χ4n) is 6.56. The summed E-state index contributed by atoms with van der Waals surface area (Å²) in [5, 5.41) is 10.4. The summed E-state index contributed by atoms with van der Waals surface area (Å²) in [6.45, 7) is 15.4. The van der Waals surface area contributed by atoms with Gasteiger partial charge in [-0.05, 0) is 40.0 Å². The topological polar surface area (TPSA) is 81.2 Å². The van der Waals surface area contributed by atoms with Crippen molar-refractivity contribution < 1.29 is 19.5 Å². The van der Waals surface area contributed by atoms with Crippen LogP contribution in [0.25, 0.3) is 0 Å². The molecular formula is C27H41N3O4S. The molecule has 4 heterocycles. The molecule has 0 aromatic rings. The molecule has 1 unspecified atom stereocenters. The molecule has 0 aromatic carbocycles. The molecule has 0 bridgehead atoms. The molecule has 35 heavy (non-hydrogen) atoms. The highest BCUT2D eigenvalue weighted by atomic mass is 32.2. The molecule has 4 aliphatic rings. The second kappa shape index (κ2) is 8.94. The molecule has 7 nitrogen and oxygen atoms in total. The highest BCUT2D eigenvalue weighted by Crippen LogP contribution is 2.66. The summed E-state index contributed by atoms with van der Waals surface area (Å²) >= 11 is 1.60. The Morgan fingerprint density at radius 3 is 2.29 bits per heavy atom. The maximum atomic E-state index is 14.4. The first-order valence-electron chi connectivity index (χ1n) is 12.9. The van der Waals surface area contributed by atoms with Crippen molar-refractivity contribution in [3.8, 4) is 0 Å². The number of hydrogen-bond acceptors (Lipinski definition) is 5. The predicted molar refractivity (Wildman–Crippen MR) is 139 cm³/mol. The van der Waals surface area contributed by atoms with Crippen LogP contribution in [0.5, 0.6) is 0 Å². The first-order valence-corrected chi connectivity index (χ1v) is 13.7. The van der Waals surface area contributed by atoms with Crippen LogP contribution in [0.15, 0.2) is 24.3 Å². The van der Waals surface area contributed by atoms with E-state index in [4.69, 9.17) is 0 Å². The Balaban J connectivity index is 1.92. The molecule has 0 aliphatic carbocycles. The first kappa shape index (κ1) is 26.3. The van der Waals surface area contributed by atoms with Gasteiger partial charge in [0.2, 0.25) is 17.7 Å². The highest BCUT2D eigenvalue weighted by molar-refractivity contribution is 8.02. The standard InChI is InChI=1S/C27H41N3O4S/c1-8-13-28-14-9-11-26(7)19(22(28)32)20-23(33)30(18(16-31)17(2)3)21-24(34)29(25(4,5)6)15-10-12-27(20,21)35-26/h9-12,17-21,31H,8,13-16H2,1-7H3/t18-,19-,20-,21?,26+,27-/m0/s1. The number of likely N-dealkylation sites (tertiary alicyclic amines) is 1. The van der Waals surface area contributed by atoms with Gasteiger partial charge in [0.15, 0.2) is 0 Å². The SMILES string of the molecule is CCCN1CC=C[C@@]2(C)S[C@]34C=CCN(C(C)(C)C)C(=O)C3N([C@@H](CO)C(C)C)C(=O)[C@@H]4[C@H]2C1=O. The minimum atomic E-state index is -0.870. The number of hydrogen-bond donors (Lipinski definition) is 1. The molecular weight excluding hydrogens is 462 g/mol. The Kier molecular flexibility index (Phi) is 6.71. The lowest BCUT2D eigenvalue weighted by Crippen LogP contribution is -2.60. The van der Waals surface area contributed by atoms with E-state index in [1.165, 1.54) is 0 Å². The van der Waals surface area contributed by atoms with Crippen LogP contribution in [-0.4, -0.2) is 90.9 Å². The van der Waals surface area contributed by atoms with Gasteiger partial charge in [-0.3, -0.25) is 14.4 Å². The van der Waals surface area contributed by atoms with E-state index in [1.54, 1.807) is 16.7 Å². The van der Waals surface area contributed by atoms with Crippen molar-refractivity contribution in [2.45, 2.75) is 82.0 Å². The third-order valence-corrected chi connectivity index (χ3v) is 9.99. The number of nitrogens with zero attached hydrogens (tertiary/aromatic N) is 3. The normalized spacial score (nSPS) is 35.9. The number of carbonyl (C=O) groups excluding carboxylic acids is 3. The molecule has 1 N–H and O–H groups in total. The van der Waals surface area contributed by atoms with Gasteiger partial charge in [0, 0.05) is 29.9 Å². The zero-order chi connectivity index (χ0) is 25.9. The maximum Gasteiger partial charge on any atom is 0.247 e. The first-order chi connectivity index (χ1) is 16.3. The van der Waals surface area contributed by atoms with Crippen molar-refractivity contribution in [2.24, 2.45) is 17.8 Å². The van der Waals surface area contributed by atoms with Gasteiger partial charge in [0.05, 0.1) is 29.2 Å². The number of aliphatic hydroxyl groups excluding tert-OH is 1. The minimum Gasteiger partial charge on any atom is -0.394 e. The van der Waals surface area contributed by atoms with Gasteiger partial charge in [-0.25, -0.2) is 0 Å². The van der Waals surface area contributed by atoms with Crippen LogP contribution in [0.1, 0.15) is 54.9 Å². The van der Waals surface area contributed by atoms with Crippen LogP contribution in [0.4, 0.5) is 0 Å². The molecule has 4 rings (SSSR count). The molecule has 0 aromatic heterocycles. The third-order valence-electron chi connectivity index (χ3n) is 8.20. The summed E-state index contributed by atoms with van der Waals surface area (Å²) in [5.74, 6) is -1.57. The lowest BCUT2D eigenvalue weighted by molar-refractivity contribution is -0.149. The summed E-state index contributed by atoms with van der Waals surface area (Å²) < 4.78 is -1.47. The Labute approximate surface area is 214 Å². The summed E-state index contributed by atoms with van der Waals surface area (Å²) in [4.78, 5) is 48.0. The quantitative estimate of drug-likeness (QED) is 0.584. The van der Waals surface area contributed by atoms with Crippen molar-refractivity contribution in [1.29, 1.82) is 0 Å². The summed E-state index contributed by atoms with van der Waals surface area (Å²) in [6.07, 6.45) is 9.04. The Bertz CT molecular complexity index is 957. The highest BCUT2D eigenvalue weighted by Gasteiger charge is 2.74. The van der Waals surface area contributed by atoms with E-state index < -0.39 is 39.0 Å². The summed E-state index contributed by atoms with van der Waals surface area (Å²) in [7, 11) is 0. The van der Waals surface area contributed by atoms with Gasteiger partial charge in [-0.2, -0.15) is 0 Å². The Hall–Kier alpha value is -1.80. The van der Waals surface area contributed by atoms with E-state index in [-0.39, 0.29) is 30.2 Å². The average Bonchev–Trinajstić information content (AvgIpc) is 3.02. The van der Waals surface area contributed by atoms with Crippen molar-refractivity contribution in [1.82, 2.24) is 14.7 Å². The van der Waals surface area contributed by atoms with Crippen molar-refractivity contribution >= 4 is 29.5 Å². The molecule has 0 saturated carbocycles. The fourth-order valence-corrected chi connectivity index (χ4v) is 8.71. The second-order valence-corrected chi connectivity index (χ2v) is 13.7. The largest absolute Gasteiger partial charge is 0.394 e. The van der Waals surface area contributed by atoms with E-state index >= 15 is 0 Å². The van der Waals surface area contributed by atoms with Gasteiger partial charge in [0.1, 0.15) is 6.04 Å². The monoisotopic (exact) mass is 503 g/mol. The van der Waals surface area contributed by atoms with Crippen LogP contribution in [-0.2, 0) is 14.4 Å². The fraction of sp³-hybridized carbons (Fsp3) is 0.741. The van der Waals surface area contributed by atoms with E-state index in [0.717, 1.165) is 6.42 Å². The average molecular weight is 504 g/mol. The lowest BCUT2D eigenvalue weighted by Gasteiger charge is -2.43. The van der Waals surface area contributed by atoms with Crippen LogP contribution in [0, 0.1) is 17.8 Å². The number of rotatable bonds is 5. The number of fused-ring (bicyclic) bond motifs is 2. The maximum absolute atomic E-state index is 14.4. The molecule has 3 amide bonds. The number of aliphatic hydroxyl groups is 1. The van der Waals surface area contributed by atoms with E-state index in [1.807, 2.05) is 70.4 Å². The zero-order valence-corrected chi connectivity index (χ0v) is 23.0.